The first-order chi connectivity index (χ1) is 16.5. The molecule has 9 nitrogen and oxygen atoms in total. The van der Waals surface area contributed by atoms with Crippen molar-refractivity contribution in [1.29, 1.82) is 0 Å². The molecule has 1 atom stereocenters. The molecule has 9 heteroatoms. The quantitative estimate of drug-likeness (QED) is 0.602. The number of nitrogens with one attached hydrogen (secondary N) is 1. The summed E-state index contributed by atoms with van der Waals surface area (Å²) < 4.78 is 9.03. The summed E-state index contributed by atoms with van der Waals surface area (Å²) in [5.41, 5.74) is 2.67. The molecule has 0 bridgehead atoms. The van der Waals surface area contributed by atoms with E-state index in [2.05, 4.69) is 14.9 Å². The van der Waals surface area contributed by atoms with E-state index in [1.54, 1.807) is 12.3 Å². The van der Waals surface area contributed by atoms with Gasteiger partial charge in [0.05, 0.1) is 22.6 Å². The Morgan fingerprint density at radius 2 is 1.94 bits per heavy atom. The van der Waals surface area contributed by atoms with E-state index in [0.717, 1.165) is 54.8 Å². The predicted molar refractivity (Wildman–Crippen MR) is 129 cm³/mol. The Labute approximate surface area is 199 Å². The van der Waals surface area contributed by atoms with Crippen LogP contribution in [0.15, 0.2) is 24.5 Å². The second-order valence-corrected chi connectivity index (χ2v) is 9.44. The second kappa shape index (κ2) is 9.21. The molecular formula is C25H32N6O3. The van der Waals surface area contributed by atoms with Gasteiger partial charge in [0.25, 0.3) is 5.91 Å². The zero-order valence-corrected chi connectivity index (χ0v) is 20.1. The third-order valence-corrected chi connectivity index (χ3v) is 7.18. The van der Waals surface area contributed by atoms with Crippen molar-refractivity contribution in [3.8, 4) is 0 Å². The van der Waals surface area contributed by atoms with Gasteiger partial charge in [-0.05, 0) is 44.2 Å². The number of piperidine rings is 1. The smallest absolute Gasteiger partial charge is 0.256 e. The van der Waals surface area contributed by atoms with E-state index in [1.165, 1.54) is 13.5 Å². The van der Waals surface area contributed by atoms with Gasteiger partial charge in [-0.2, -0.15) is 0 Å². The molecule has 5 rings (SSSR count). The number of aromatic nitrogens is 4. The first-order valence-electron chi connectivity index (χ1n) is 12.0. The number of benzene rings is 1. The molecule has 2 fully saturated rings. The predicted octanol–water partition coefficient (Wildman–Crippen LogP) is 3.53. The van der Waals surface area contributed by atoms with Gasteiger partial charge in [-0.15, -0.1) is 0 Å². The van der Waals surface area contributed by atoms with Crippen molar-refractivity contribution in [2.45, 2.75) is 50.5 Å². The number of likely N-dealkylation sites (tertiary alicyclic amines) is 1. The lowest BCUT2D eigenvalue weighted by atomic mass is 9.85. The fourth-order valence-corrected chi connectivity index (χ4v) is 5.26. The number of imidazole rings is 2. The van der Waals surface area contributed by atoms with Crippen molar-refractivity contribution >= 4 is 28.5 Å². The maximum Gasteiger partial charge on any atom is 0.256 e. The van der Waals surface area contributed by atoms with Gasteiger partial charge in [0, 0.05) is 51.7 Å². The van der Waals surface area contributed by atoms with Crippen LogP contribution in [0.1, 0.15) is 72.5 Å². The zero-order chi connectivity index (χ0) is 23.8. The van der Waals surface area contributed by atoms with Crippen molar-refractivity contribution in [2.75, 3.05) is 25.6 Å². The number of amides is 2. The summed E-state index contributed by atoms with van der Waals surface area (Å²) in [4.78, 5) is 37.8. The highest BCUT2D eigenvalue weighted by Crippen LogP contribution is 2.39. The number of aryl methyl sites for hydroxylation is 2. The summed E-state index contributed by atoms with van der Waals surface area (Å²) in [6.45, 7) is 0.621. The number of carbonyl (C=O) groups is 2. The highest BCUT2D eigenvalue weighted by molar-refractivity contribution is 6.08. The van der Waals surface area contributed by atoms with Crippen LogP contribution in [0.25, 0.3) is 11.0 Å². The second-order valence-electron chi connectivity index (χ2n) is 9.44. The molecule has 1 aliphatic carbocycles. The third kappa shape index (κ3) is 3.98. The van der Waals surface area contributed by atoms with Crippen molar-refractivity contribution in [2.24, 2.45) is 14.1 Å². The SMILES string of the molecule is COCC(=O)Nc1cc(C(=O)N2CCCC[C@@H]2c2nccn2C)c2c(c1)nc(C1CCC1)n2C. The lowest BCUT2D eigenvalue weighted by molar-refractivity contribution is -0.119. The molecule has 3 aromatic rings. The van der Waals surface area contributed by atoms with Crippen molar-refractivity contribution < 1.29 is 14.3 Å². The van der Waals surface area contributed by atoms with Crippen LogP contribution in [0.3, 0.4) is 0 Å². The Balaban J connectivity index is 1.59. The van der Waals surface area contributed by atoms with Crippen molar-refractivity contribution in [3.05, 3.63) is 41.7 Å². The van der Waals surface area contributed by atoms with Gasteiger partial charge >= 0.3 is 0 Å². The number of nitrogens with zero attached hydrogens (tertiary/aromatic N) is 5. The largest absolute Gasteiger partial charge is 0.375 e. The van der Waals surface area contributed by atoms with Gasteiger partial charge in [-0.25, -0.2) is 9.97 Å². The third-order valence-electron chi connectivity index (χ3n) is 7.18. The van der Waals surface area contributed by atoms with Gasteiger partial charge in [0.1, 0.15) is 18.3 Å². The Hall–Kier alpha value is -3.20. The zero-order valence-electron chi connectivity index (χ0n) is 20.1. The minimum atomic E-state index is -0.265. The number of methoxy groups -OCH3 is 1. The van der Waals surface area contributed by atoms with E-state index in [-0.39, 0.29) is 24.5 Å². The average Bonchev–Trinajstić information content (AvgIpc) is 3.35. The molecular weight excluding hydrogens is 432 g/mol. The van der Waals surface area contributed by atoms with Gasteiger partial charge < -0.3 is 24.1 Å². The molecule has 180 valence electrons. The molecule has 0 spiro atoms. The van der Waals surface area contributed by atoms with E-state index >= 15 is 0 Å². The molecule has 1 saturated heterocycles. The maximum atomic E-state index is 14.1. The van der Waals surface area contributed by atoms with Gasteiger partial charge in [-0.1, -0.05) is 6.42 Å². The van der Waals surface area contributed by atoms with E-state index in [0.29, 0.717) is 23.7 Å². The van der Waals surface area contributed by atoms with Crippen LogP contribution < -0.4 is 5.32 Å². The Kier molecular flexibility index (Phi) is 6.12. The maximum absolute atomic E-state index is 14.1. The van der Waals surface area contributed by atoms with Crippen LogP contribution >= 0.6 is 0 Å². The molecule has 34 heavy (non-hydrogen) atoms. The summed E-state index contributed by atoms with van der Waals surface area (Å²) in [6.07, 6.45) is 10.0. The van der Waals surface area contributed by atoms with Crippen LogP contribution in [0.4, 0.5) is 5.69 Å². The number of fused-ring (bicyclic) bond motifs is 1. The van der Waals surface area contributed by atoms with Gasteiger partial charge in [-0.3, -0.25) is 9.59 Å². The molecule has 0 radical (unpaired) electrons. The molecule has 1 aliphatic heterocycles. The molecule has 3 heterocycles. The van der Waals surface area contributed by atoms with E-state index < -0.39 is 0 Å². The first kappa shape index (κ1) is 22.6. The number of rotatable bonds is 6. The van der Waals surface area contributed by atoms with E-state index in [9.17, 15) is 9.59 Å². The number of ether oxygens (including phenoxy) is 1. The minimum Gasteiger partial charge on any atom is -0.375 e. The molecule has 1 N–H and O–H groups in total. The summed E-state index contributed by atoms with van der Waals surface area (Å²) in [5, 5.41) is 2.87. The van der Waals surface area contributed by atoms with Crippen LogP contribution in [-0.2, 0) is 23.6 Å². The molecule has 2 aliphatic rings. The number of hydrogen-bond acceptors (Lipinski definition) is 5. The number of hydrogen-bond donors (Lipinski definition) is 1. The molecule has 1 aromatic carbocycles. The normalized spacial score (nSPS) is 18.8. The topological polar surface area (TPSA) is 94.3 Å². The van der Waals surface area contributed by atoms with Crippen LogP contribution in [0.2, 0.25) is 0 Å². The summed E-state index contributed by atoms with van der Waals surface area (Å²) in [7, 11) is 5.45. The Morgan fingerprint density at radius 1 is 1.12 bits per heavy atom. The fourth-order valence-electron chi connectivity index (χ4n) is 5.26. The van der Waals surface area contributed by atoms with Crippen LogP contribution in [0, 0.1) is 0 Å². The first-order valence-corrected chi connectivity index (χ1v) is 12.0. The fraction of sp³-hybridized carbons (Fsp3) is 0.520. The lowest BCUT2D eigenvalue weighted by Gasteiger charge is -2.35. The summed E-state index contributed by atoms with van der Waals surface area (Å²) >= 11 is 0. The van der Waals surface area contributed by atoms with Crippen molar-refractivity contribution in [1.82, 2.24) is 24.0 Å². The number of anilines is 1. The lowest BCUT2D eigenvalue weighted by Crippen LogP contribution is -2.39. The minimum absolute atomic E-state index is 0.0514. The number of carbonyl (C=O) groups excluding carboxylic acids is 2. The van der Waals surface area contributed by atoms with Crippen LogP contribution in [-0.4, -0.2) is 56.1 Å². The van der Waals surface area contributed by atoms with Crippen molar-refractivity contribution in [3.63, 3.8) is 0 Å². The van der Waals surface area contributed by atoms with Crippen LogP contribution in [0.5, 0.6) is 0 Å². The molecule has 0 unspecified atom stereocenters. The molecule has 2 amide bonds. The van der Waals surface area contributed by atoms with Gasteiger partial charge in [0.2, 0.25) is 5.91 Å². The molecule has 1 saturated carbocycles. The average molecular weight is 465 g/mol. The standard InChI is InChI=1S/C25H32N6O3/c1-29-12-10-26-24(29)20-9-4-5-11-31(20)25(33)18-13-17(27-21(32)15-34-3)14-19-22(18)30(2)23(28-19)16-7-6-8-16/h10,12-14,16,20H,4-9,11,15H2,1-3H3,(H,27,32)/t20-/m1/s1. The van der Waals surface area contributed by atoms with E-state index in [1.807, 2.05) is 35.8 Å². The van der Waals surface area contributed by atoms with E-state index in [4.69, 9.17) is 9.72 Å². The van der Waals surface area contributed by atoms with Gasteiger partial charge in [0.15, 0.2) is 0 Å². The highest BCUT2D eigenvalue weighted by atomic mass is 16.5. The highest BCUT2D eigenvalue weighted by Gasteiger charge is 2.34. The molecule has 2 aromatic heterocycles. The Bertz CT molecular complexity index is 1220. The monoisotopic (exact) mass is 464 g/mol. The summed E-state index contributed by atoms with van der Waals surface area (Å²) in [5.74, 6) is 2.01. The Morgan fingerprint density at radius 3 is 2.62 bits per heavy atom. The summed E-state index contributed by atoms with van der Waals surface area (Å²) in [6, 6.07) is 3.56.